The van der Waals surface area contributed by atoms with Crippen LogP contribution in [0.15, 0.2) is 61.2 Å². The molecule has 0 amide bonds. The molecule has 2 unspecified atom stereocenters. The van der Waals surface area contributed by atoms with E-state index in [0.29, 0.717) is 59.1 Å². The van der Waals surface area contributed by atoms with Gasteiger partial charge in [-0.1, -0.05) is 104 Å². The average Bonchev–Trinajstić information content (AvgIpc) is 3.71. The molecule has 0 aliphatic heterocycles. The molecule has 4 rings (SSSR count). The monoisotopic (exact) mass is 887 g/mol. The van der Waals surface area contributed by atoms with E-state index in [1.807, 2.05) is 116 Å². The Kier molecular flexibility index (Phi) is 17.9. The molecule has 0 bridgehead atoms. The minimum atomic E-state index is -0.919. The lowest BCUT2D eigenvalue weighted by Crippen LogP contribution is -2.30. The molecule has 2 heterocycles. The number of esters is 2. The fraction of sp³-hybridized carbons (Fsp3) is 0.472. The van der Waals surface area contributed by atoms with E-state index >= 15 is 0 Å². The summed E-state index contributed by atoms with van der Waals surface area (Å²) in [6, 6.07) is 20.4. The van der Waals surface area contributed by atoms with Crippen LogP contribution in [0.4, 0.5) is 0 Å². The number of hydrogen-bond donors (Lipinski definition) is 0. The highest BCUT2D eigenvalue weighted by Gasteiger charge is 2.31. The van der Waals surface area contributed by atoms with Crippen molar-refractivity contribution < 1.29 is 28.5 Å². The van der Waals surface area contributed by atoms with Gasteiger partial charge in [0, 0.05) is 44.1 Å². The summed E-state index contributed by atoms with van der Waals surface area (Å²) in [5.41, 5.74) is 8.80. The number of hydrogen-bond acceptors (Lipinski definition) is 10. The topological polar surface area (TPSA) is 154 Å². The molecule has 12 nitrogen and oxygen atoms in total. The third-order valence-corrected chi connectivity index (χ3v) is 11.4. The molecule has 0 saturated carbocycles. The van der Waals surface area contributed by atoms with Gasteiger partial charge in [0.05, 0.1) is 16.8 Å². The summed E-state index contributed by atoms with van der Waals surface area (Å²) in [5.74, 6) is -0.250. The van der Waals surface area contributed by atoms with Crippen molar-refractivity contribution in [3.8, 4) is 12.1 Å². The fourth-order valence-electron chi connectivity index (χ4n) is 6.65. The highest BCUT2D eigenvalue weighted by atomic mass is 16.7. The number of rotatable bonds is 15. The first-order valence-electron chi connectivity index (χ1n) is 22.3. The maximum atomic E-state index is 12.7. The summed E-state index contributed by atoms with van der Waals surface area (Å²) in [6.45, 7) is 38.1. The van der Waals surface area contributed by atoms with Crippen molar-refractivity contribution in [2.45, 2.75) is 161 Å². The number of carbonyl (C=O) groups excluding carboxylic acids is 2. The maximum Gasteiger partial charge on any atom is 0.333 e. The van der Waals surface area contributed by atoms with Gasteiger partial charge in [0.1, 0.15) is 34.7 Å². The van der Waals surface area contributed by atoms with Gasteiger partial charge in [-0.25, -0.2) is 4.79 Å². The zero-order chi connectivity index (χ0) is 49.2. The molecular weight excluding hydrogens is 817 g/mol. The number of ether oxygens (including phenoxy) is 4. The number of nitriles is 2. The molecule has 2 atom stereocenters. The summed E-state index contributed by atoms with van der Waals surface area (Å²) >= 11 is 0. The molecule has 4 aromatic rings. The lowest BCUT2D eigenvalue weighted by molar-refractivity contribution is -0.175. The van der Waals surface area contributed by atoms with Gasteiger partial charge < -0.3 is 18.9 Å². The second-order valence-electron chi connectivity index (χ2n) is 18.7. The molecule has 348 valence electrons. The van der Waals surface area contributed by atoms with Crippen LogP contribution in [-0.2, 0) is 52.5 Å². The van der Waals surface area contributed by atoms with Gasteiger partial charge in [0.25, 0.3) is 0 Å². The standard InChI is InChI=1S/C28H39N3O3.C25H31N3O3/c1-11-28(9,10)26(32)34-20(5)33-25(24-18(3)19(4)30-31(24)12-2)23(17-29)21-13-15-22(16-14-21)27(6,7)8;1-9-22(29)30-18(5)31-24(23-16(3)17(4)27-28(23)10-2)21(15-26)19-11-13-20(14-12-19)25(6,7)8/h13-16,20H,11-12H2,1-10H3;9,11-14,18H,1,10H2,2-8H3/b25-23-;24-21-. The van der Waals surface area contributed by atoms with Crippen LogP contribution in [0.1, 0.15) is 153 Å². The Morgan fingerprint density at radius 1 is 0.646 bits per heavy atom. The molecule has 0 aliphatic carbocycles. The third kappa shape index (κ3) is 13.1. The molecule has 0 radical (unpaired) electrons. The van der Waals surface area contributed by atoms with Crippen LogP contribution in [0.25, 0.3) is 22.7 Å². The van der Waals surface area contributed by atoms with Gasteiger partial charge in [-0.15, -0.1) is 0 Å². The van der Waals surface area contributed by atoms with E-state index in [0.717, 1.165) is 39.7 Å². The first kappa shape index (κ1) is 52.9. The average molecular weight is 887 g/mol. The van der Waals surface area contributed by atoms with E-state index in [1.165, 1.54) is 5.56 Å². The molecule has 2 aromatic carbocycles. The Morgan fingerprint density at radius 2 is 1.00 bits per heavy atom. The minimum Gasteiger partial charge on any atom is -0.451 e. The van der Waals surface area contributed by atoms with Crippen LogP contribution >= 0.6 is 0 Å². The molecule has 65 heavy (non-hydrogen) atoms. The number of aromatic nitrogens is 4. The van der Waals surface area contributed by atoms with Crippen LogP contribution < -0.4 is 0 Å². The van der Waals surface area contributed by atoms with Crippen LogP contribution in [0.5, 0.6) is 0 Å². The molecule has 0 N–H and O–H groups in total. The molecule has 2 aromatic heterocycles. The van der Waals surface area contributed by atoms with Gasteiger partial charge in [-0.2, -0.15) is 20.7 Å². The molecule has 0 saturated heterocycles. The number of aryl methyl sites for hydroxylation is 4. The van der Waals surface area contributed by atoms with Crippen molar-refractivity contribution in [2.75, 3.05) is 0 Å². The van der Waals surface area contributed by atoms with Crippen LogP contribution in [0.2, 0.25) is 0 Å². The zero-order valence-corrected chi connectivity index (χ0v) is 41.8. The third-order valence-electron chi connectivity index (χ3n) is 11.4. The second kappa shape index (κ2) is 22.0. The minimum absolute atomic E-state index is 0.00227. The van der Waals surface area contributed by atoms with E-state index in [4.69, 9.17) is 18.9 Å². The maximum absolute atomic E-state index is 12.7. The molecule has 0 fully saturated rings. The van der Waals surface area contributed by atoms with Gasteiger partial charge >= 0.3 is 11.9 Å². The summed E-state index contributed by atoms with van der Waals surface area (Å²) in [7, 11) is 0. The largest absolute Gasteiger partial charge is 0.451 e. The van der Waals surface area contributed by atoms with E-state index in [9.17, 15) is 20.1 Å². The normalized spacial score (nSPS) is 13.4. The van der Waals surface area contributed by atoms with Crippen LogP contribution in [0, 0.1) is 55.8 Å². The summed E-state index contributed by atoms with van der Waals surface area (Å²) in [5, 5.41) is 29.5. The van der Waals surface area contributed by atoms with Crippen LogP contribution in [-0.4, -0.2) is 44.1 Å². The Labute approximate surface area is 387 Å². The smallest absolute Gasteiger partial charge is 0.333 e. The highest BCUT2D eigenvalue weighted by molar-refractivity contribution is 5.96. The van der Waals surface area contributed by atoms with Crippen molar-refractivity contribution in [3.05, 3.63) is 117 Å². The van der Waals surface area contributed by atoms with Crippen molar-refractivity contribution in [1.82, 2.24) is 19.6 Å². The molecule has 0 aliphatic rings. The predicted molar refractivity (Wildman–Crippen MR) is 257 cm³/mol. The van der Waals surface area contributed by atoms with Crippen molar-refractivity contribution >= 4 is 34.6 Å². The summed E-state index contributed by atoms with van der Waals surface area (Å²) < 4.78 is 26.8. The summed E-state index contributed by atoms with van der Waals surface area (Å²) in [4.78, 5) is 24.3. The Balaban J connectivity index is 0.000000347. The van der Waals surface area contributed by atoms with Gasteiger partial charge in [-0.05, 0) is 94.9 Å². The predicted octanol–water partition coefficient (Wildman–Crippen LogP) is 11.9. The molecular formula is C53H70N6O6. The number of carbonyl (C=O) groups is 2. The summed E-state index contributed by atoms with van der Waals surface area (Å²) in [6.07, 6.45) is -0.0834. The van der Waals surface area contributed by atoms with Gasteiger partial charge in [-0.3, -0.25) is 14.2 Å². The second-order valence-corrected chi connectivity index (χ2v) is 18.7. The molecule has 12 heteroatoms. The SMILES string of the molecule is C=CC(=O)OC(C)O/C(=C(/C#N)c1ccc(C(C)(C)C)cc1)c1c(C)c(C)nn1CC.CCn1nc(C)c(C)c1/C(OC(C)OC(=O)C(C)(C)CC)=C(\C#N)c1ccc(C(C)(C)C)cc1. The number of nitrogens with zero attached hydrogens (tertiary/aromatic N) is 6. The quantitative estimate of drug-likeness (QED) is 0.0370. The Hall–Kier alpha value is -6.40. The molecule has 0 spiro atoms. The van der Waals surface area contributed by atoms with E-state index in [-0.39, 0.29) is 16.8 Å². The fourth-order valence-corrected chi connectivity index (χ4v) is 6.65. The van der Waals surface area contributed by atoms with E-state index < -0.39 is 24.0 Å². The lowest BCUT2D eigenvalue weighted by atomic mass is 9.86. The van der Waals surface area contributed by atoms with Crippen molar-refractivity contribution in [3.63, 3.8) is 0 Å². The van der Waals surface area contributed by atoms with E-state index in [1.54, 1.807) is 18.5 Å². The van der Waals surface area contributed by atoms with Crippen LogP contribution in [0.3, 0.4) is 0 Å². The Bertz CT molecular complexity index is 2470. The van der Waals surface area contributed by atoms with Gasteiger partial charge in [0.15, 0.2) is 11.5 Å². The first-order chi connectivity index (χ1) is 30.3. The Morgan fingerprint density at radius 3 is 1.29 bits per heavy atom. The first-order valence-corrected chi connectivity index (χ1v) is 22.3. The van der Waals surface area contributed by atoms with Gasteiger partial charge in [0.2, 0.25) is 12.6 Å². The van der Waals surface area contributed by atoms with Crippen molar-refractivity contribution in [2.24, 2.45) is 5.41 Å². The number of allylic oxidation sites excluding steroid dienone is 2. The van der Waals surface area contributed by atoms with E-state index in [2.05, 4.69) is 70.5 Å². The lowest BCUT2D eigenvalue weighted by Gasteiger charge is -2.25. The highest BCUT2D eigenvalue weighted by Crippen LogP contribution is 2.35. The van der Waals surface area contributed by atoms with Crippen molar-refractivity contribution in [1.29, 1.82) is 10.5 Å². The zero-order valence-electron chi connectivity index (χ0n) is 41.8. The number of benzene rings is 2.